The van der Waals surface area contributed by atoms with Crippen molar-refractivity contribution in [2.45, 2.75) is 26.8 Å². The fourth-order valence-corrected chi connectivity index (χ4v) is 1.60. The molecular weight excluding hydrogens is 381 g/mol. The topological polar surface area (TPSA) is 63.5 Å². The van der Waals surface area contributed by atoms with Crippen LogP contribution in [-0.4, -0.2) is 49.1 Å². The van der Waals surface area contributed by atoms with Crippen LogP contribution in [0, 0.1) is 5.92 Å². The molecular formula is C14H28IN5O. The van der Waals surface area contributed by atoms with Crippen molar-refractivity contribution in [1.29, 1.82) is 0 Å². The minimum atomic E-state index is 0. The number of nitrogens with one attached hydrogen (secondary N) is 2. The van der Waals surface area contributed by atoms with E-state index in [1.807, 2.05) is 16.9 Å². The summed E-state index contributed by atoms with van der Waals surface area (Å²) in [5, 5.41) is 10.6. The molecule has 0 saturated carbocycles. The van der Waals surface area contributed by atoms with Crippen molar-refractivity contribution in [2.24, 2.45) is 10.9 Å². The molecule has 0 aliphatic heterocycles. The van der Waals surface area contributed by atoms with Gasteiger partial charge >= 0.3 is 0 Å². The Labute approximate surface area is 144 Å². The molecule has 122 valence electrons. The standard InChI is InChI=1S/C14H27N5O.HI/c1-13(2)5-11-20-12-8-17-14(15-3)16-7-10-19-9-4-6-18-19;/h4,6,9,13H,5,7-8,10-12H2,1-3H3,(H2,15,16,17);1H. The minimum absolute atomic E-state index is 0. The van der Waals surface area contributed by atoms with Crippen LogP contribution >= 0.6 is 24.0 Å². The molecule has 0 unspecified atom stereocenters. The normalized spacial score (nSPS) is 11.3. The summed E-state index contributed by atoms with van der Waals surface area (Å²) in [6.07, 6.45) is 4.83. The maximum atomic E-state index is 5.54. The quantitative estimate of drug-likeness (QED) is 0.282. The largest absolute Gasteiger partial charge is 0.380 e. The minimum Gasteiger partial charge on any atom is -0.380 e. The van der Waals surface area contributed by atoms with Gasteiger partial charge in [-0.2, -0.15) is 5.10 Å². The fraction of sp³-hybridized carbons (Fsp3) is 0.714. The molecule has 1 aromatic rings. The number of hydrogen-bond acceptors (Lipinski definition) is 3. The van der Waals surface area contributed by atoms with Crippen LogP contribution in [0.4, 0.5) is 0 Å². The van der Waals surface area contributed by atoms with E-state index in [-0.39, 0.29) is 24.0 Å². The van der Waals surface area contributed by atoms with Crippen LogP contribution in [0.25, 0.3) is 0 Å². The van der Waals surface area contributed by atoms with Crippen molar-refractivity contribution in [1.82, 2.24) is 20.4 Å². The number of halogens is 1. The molecule has 0 bridgehead atoms. The molecule has 0 saturated heterocycles. The van der Waals surface area contributed by atoms with E-state index in [2.05, 4.69) is 34.6 Å². The van der Waals surface area contributed by atoms with Gasteiger partial charge < -0.3 is 15.4 Å². The van der Waals surface area contributed by atoms with E-state index in [0.29, 0.717) is 12.5 Å². The highest BCUT2D eigenvalue weighted by atomic mass is 127. The van der Waals surface area contributed by atoms with Gasteiger partial charge in [0.2, 0.25) is 0 Å². The Morgan fingerprint density at radius 3 is 2.67 bits per heavy atom. The second-order valence-corrected chi connectivity index (χ2v) is 4.99. The van der Waals surface area contributed by atoms with E-state index in [1.165, 1.54) is 0 Å². The van der Waals surface area contributed by atoms with Gasteiger partial charge in [-0.3, -0.25) is 9.67 Å². The van der Waals surface area contributed by atoms with Crippen molar-refractivity contribution < 1.29 is 4.74 Å². The SMILES string of the molecule is CN=C(NCCOCCC(C)C)NCCn1cccn1.I. The fourth-order valence-electron chi connectivity index (χ4n) is 1.60. The number of hydrogen-bond donors (Lipinski definition) is 2. The summed E-state index contributed by atoms with van der Waals surface area (Å²) in [6, 6.07) is 1.92. The second-order valence-electron chi connectivity index (χ2n) is 4.99. The zero-order valence-corrected chi connectivity index (χ0v) is 15.5. The monoisotopic (exact) mass is 409 g/mol. The van der Waals surface area contributed by atoms with Crippen LogP contribution in [0.1, 0.15) is 20.3 Å². The Morgan fingerprint density at radius 2 is 2.05 bits per heavy atom. The molecule has 0 spiro atoms. The number of aliphatic imine (C=N–C) groups is 1. The zero-order valence-electron chi connectivity index (χ0n) is 13.2. The summed E-state index contributed by atoms with van der Waals surface area (Å²) < 4.78 is 7.43. The van der Waals surface area contributed by atoms with Crippen LogP contribution in [0.5, 0.6) is 0 Å². The van der Waals surface area contributed by atoms with Gasteiger partial charge in [0.05, 0.1) is 13.2 Å². The Balaban J connectivity index is 0.00000400. The highest BCUT2D eigenvalue weighted by Gasteiger charge is 1.98. The first kappa shape index (κ1) is 20.2. The van der Waals surface area contributed by atoms with Gasteiger partial charge in [0.15, 0.2) is 5.96 Å². The molecule has 1 aromatic heterocycles. The summed E-state index contributed by atoms with van der Waals surface area (Å²) in [7, 11) is 1.77. The average Bonchev–Trinajstić information content (AvgIpc) is 2.93. The molecule has 0 atom stereocenters. The van der Waals surface area contributed by atoms with Gasteiger partial charge in [-0.05, 0) is 18.4 Å². The molecule has 2 N–H and O–H groups in total. The molecule has 0 aliphatic rings. The lowest BCUT2D eigenvalue weighted by Gasteiger charge is -2.12. The molecule has 1 heterocycles. The highest BCUT2D eigenvalue weighted by Crippen LogP contribution is 1.98. The average molecular weight is 409 g/mol. The van der Waals surface area contributed by atoms with E-state index >= 15 is 0 Å². The lowest BCUT2D eigenvalue weighted by atomic mass is 10.1. The smallest absolute Gasteiger partial charge is 0.191 e. The second kappa shape index (κ2) is 12.9. The molecule has 0 aliphatic carbocycles. The van der Waals surface area contributed by atoms with Gasteiger partial charge in [0, 0.05) is 39.1 Å². The van der Waals surface area contributed by atoms with Gasteiger partial charge in [0.25, 0.3) is 0 Å². The van der Waals surface area contributed by atoms with Gasteiger partial charge in [0.1, 0.15) is 0 Å². The van der Waals surface area contributed by atoms with Crippen molar-refractivity contribution in [3.05, 3.63) is 18.5 Å². The molecule has 0 radical (unpaired) electrons. The highest BCUT2D eigenvalue weighted by molar-refractivity contribution is 14.0. The molecule has 21 heavy (non-hydrogen) atoms. The summed E-state index contributed by atoms with van der Waals surface area (Å²) in [4.78, 5) is 4.16. The third kappa shape index (κ3) is 10.5. The van der Waals surface area contributed by atoms with Crippen LogP contribution in [-0.2, 0) is 11.3 Å². The predicted octanol–water partition coefficient (Wildman–Crippen LogP) is 1.73. The number of ether oxygens (including phenoxy) is 1. The van der Waals surface area contributed by atoms with E-state index in [4.69, 9.17) is 4.74 Å². The van der Waals surface area contributed by atoms with Gasteiger partial charge in [-0.15, -0.1) is 24.0 Å². The number of guanidine groups is 1. The van der Waals surface area contributed by atoms with Crippen molar-refractivity contribution in [3.8, 4) is 0 Å². The summed E-state index contributed by atoms with van der Waals surface area (Å²) in [5.74, 6) is 1.49. The molecule has 7 heteroatoms. The molecule has 6 nitrogen and oxygen atoms in total. The van der Waals surface area contributed by atoms with Crippen molar-refractivity contribution in [2.75, 3.05) is 33.4 Å². The lowest BCUT2D eigenvalue weighted by Crippen LogP contribution is -2.40. The summed E-state index contributed by atoms with van der Waals surface area (Å²) >= 11 is 0. The Kier molecular flexibility index (Phi) is 12.4. The first-order chi connectivity index (χ1) is 9.72. The maximum Gasteiger partial charge on any atom is 0.191 e. The molecule has 1 rings (SSSR count). The van der Waals surface area contributed by atoms with Crippen LogP contribution in [0.2, 0.25) is 0 Å². The Morgan fingerprint density at radius 1 is 1.29 bits per heavy atom. The van der Waals surface area contributed by atoms with E-state index < -0.39 is 0 Å². The maximum absolute atomic E-state index is 5.54. The number of nitrogens with zero attached hydrogens (tertiary/aromatic N) is 3. The molecule has 0 aromatic carbocycles. The predicted molar refractivity (Wildman–Crippen MR) is 97.3 cm³/mol. The van der Waals surface area contributed by atoms with Gasteiger partial charge in [-0.25, -0.2) is 0 Å². The third-order valence-electron chi connectivity index (χ3n) is 2.79. The first-order valence-electron chi connectivity index (χ1n) is 7.22. The summed E-state index contributed by atoms with van der Waals surface area (Å²) in [6.45, 7) is 8.30. The number of rotatable bonds is 9. The zero-order chi connectivity index (χ0) is 14.6. The molecule has 0 fully saturated rings. The van der Waals surface area contributed by atoms with Crippen LogP contribution < -0.4 is 10.6 Å². The Bertz CT molecular complexity index is 367. The summed E-state index contributed by atoms with van der Waals surface area (Å²) in [5.41, 5.74) is 0. The van der Waals surface area contributed by atoms with Crippen LogP contribution in [0.15, 0.2) is 23.5 Å². The van der Waals surface area contributed by atoms with E-state index in [9.17, 15) is 0 Å². The van der Waals surface area contributed by atoms with E-state index in [1.54, 1.807) is 13.2 Å². The lowest BCUT2D eigenvalue weighted by molar-refractivity contribution is 0.128. The molecule has 0 amide bonds. The Hall–Kier alpha value is -0.830. The van der Waals surface area contributed by atoms with Crippen LogP contribution in [0.3, 0.4) is 0 Å². The van der Waals surface area contributed by atoms with Crippen molar-refractivity contribution >= 4 is 29.9 Å². The van der Waals surface area contributed by atoms with E-state index in [0.717, 1.165) is 38.6 Å². The number of aromatic nitrogens is 2. The third-order valence-corrected chi connectivity index (χ3v) is 2.79. The first-order valence-corrected chi connectivity index (χ1v) is 7.22. The van der Waals surface area contributed by atoms with Crippen molar-refractivity contribution in [3.63, 3.8) is 0 Å². The van der Waals surface area contributed by atoms with Gasteiger partial charge in [-0.1, -0.05) is 13.8 Å².